The van der Waals surface area contributed by atoms with E-state index in [2.05, 4.69) is 4.74 Å². The fourth-order valence-electron chi connectivity index (χ4n) is 6.60. The van der Waals surface area contributed by atoms with Crippen LogP contribution in [0.3, 0.4) is 0 Å². The maximum absolute atomic E-state index is 13.8. The fourth-order valence-corrected chi connectivity index (χ4v) is 6.60. The van der Waals surface area contributed by atoms with E-state index in [-0.39, 0.29) is 5.92 Å². The molecule has 0 aromatic heterocycles. The van der Waals surface area contributed by atoms with Gasteiger partial charge in [-0.05, 0) is 43.4 Å². The number of allylic oxidation sites excluding steroid dienone is 5. The van der Waals surface area contributed by atoms with Crippen molar-refractivity contribution >= 4 is 17.9 Å². The van der Waals surface area contributed by atoms with E-state index in [9.17, 15) is 40.7 Å². The number of rotatable bonds is 7. The maximum Gasteiger partial charge on any atom is 0.437 e. The first-order chi connectivity index (χ1) is 18.9. The van der Waals surface area contributed by atoms with E-state index in [1.807, 2.05) is 19.1 Å². The van der Waals surface area contributed by atoms with E-state index in [0.717, 1.165) is 11.1 Å². The standard InChI is InChI=1S/C29H36F6O6/c1-17(36)39-23-14-20(15-24(16-23)40-18(2)37)7-8-21-6-5-12-26(4)22(9-10-25(21)26)11-13-27(28(30,31)32,29(33,34)35)41-19(3)38/h7-9,23-25H,5-6,10-16H2,1-4H3/b20-7-,21-8+/t23?,24-,25?,26-/m1/s1. The Hall–Kier alpha value is -2.79. The molecule has 2 fully saturated rings. The summed E-state index contributed by atoms with van der Waals surface area (Å²) in [5.41, 5.74) is -2.81. The second-order valence-corrected chi connectivity index (χ2v) is 11.4. The quantitative estimate of drug-likeness (QED) is 0.134. The Kier molecular flexibility index (Phi) is 9.75. The van der Waals surface area contributed by atoms with Crippen molar-refractivity contribution in [3.63, 3.8) is 0 Å². The van der Waals surface area contributed by atoms with Gasteiger partial charge in [-0.1, -0.05) is 41.9 Å². The summed E-state index contributed by atoms with van der Waals surface area (Å²) in [6, 6.07) is 0. The Morgan fingerprint density at radius 2 is 1.49 bits per heavy atom. The number of alkyl halides is 6. The number of fused-ring (bicyclic) bond motifs is 1. The minimum Gasteiger partial charge on any atom is -0.462 e. The summed E-state index contributed by atoms with van der Waals surface area (Å²) < 4.78 is 97.4. The maximum atomic E-state index is 13.8. The molecule has 0 aromatic rings. The highest BCUT2D eigenvalue weighted by atomic mass is 19.4. The molecule has 0 heterocycles. The van der Waals surface area contributed by atoms with Gasteiger partial charge in [0.15, 0.2) is 0 Å². The topological polar surface area (TPSA) is 78.9 Å². The molecule has 0 saturated heterocycles. The molecule has 0 N–H and O–H groups in total. The first kappa shape index (κ1) is 32.7. The number of hydrogen-bond acceptors (Lipinski definition) is 6. The summed E-state index contributed by atoms with van der Waals surface area (Å²) >= 11 is 0. The van der Waals surface area contributed by atoms with Crippen molar-refractivity contribution in [1.82, 2.24) is 0 Å². The lowest BCUT2D eigenvalue weighted by molar-refractivity contribution is -0.371. The summed E-state index contributed by atoms with van der Waals surface area (Å²) in [6.45, 7) is 4.99. The van der Waals surface area contributed by atoms with Crippen LogP contribution in [0.25, 0.3) is 0 Å². The number of esters is 3. The Balaban J connectivity index is 1.82. The van der Waals surface area contributed by atoms with Gasteiger partial charge in [-0.3, -0.25) is 14.4 Å². The molecule has 0 bridgehead atoms. The monoisotopic (exact) mass is 594 g/mol. The molecule has 6 nitrogen and oxygen atoms in total. The molecule has 0 aliphatic heterocycles. The largest absolute Gasteiger partial charge is 0.462 e. The summed E-state index contributed by atoms with van der Waals surface area (Å²) in [6.07, 6.45) is -5.25. The molecule has 230 valence electrons. The SMILES string of the molecule is CC(=O)OC1C/C(=C/C=C2\CCC[C@]3(C)C(CCC(OC(C)=O)(C(F)(F)F)C(F)(F)F)=CCC23)C[C@@H](OC(C)=O)C1. The second-order valence-electron chi connectivity index (χ2n) is 11.4. The molecule has 0 amide bonds. The highest BCUT2D eigenvalue weighted by Crippen LogP contribution is 2.57. The van der Waals surface area contributed by atoms with Crippen LogP contribution < -0.4 is 0 Å². The van der Waals surface area contributed by atoms with Crippen LogP contribution in [0, 0.1) is 11.3 Å². The highest BCUT2D eigenvalue weighted by Gasteiger charge is 2.73. The van der Waals surface area contributed by atoms with Crippen LogP contribution in [0.5, 0.6) is 0 Å². The van der Waals surface area contributed by atoms with Gasteiger partial charge < -0.3 is 14.2 Å². The first-order valence-corrected chi connectivity index (χ1v) is 13.6. The predicted octanol–water partition coefficient (Wildman–Crippen LogP) is 7.23. The molecule has 4 atom stereocenters. The summed E-state index contributed by atoms with van der Waals surface area (Å²) in [5, 5.41) is 0. The lowest BCUT2D eigenvalue weighted by atomic mass is 9.63. The number of halogens is 6. The van der Waals surface area contributed by atoms with Crippen molar-refractivity contribution in [3.8, 4) is 0 Å². The van der Waals surface area contributed by atoms with Gasteiger partial charge in [-0.25, -0.2) is 0 Å². The lowest BCUT2D eigenvalue weighted by Gasteiger charge is -2.42. The van der Waals surface area contributed by atoms with Crippen LogP contribution in [0.4, 0.5) is 26.3 Å². The van der Waals surface area contributed by atoms with Crippen LogP contribution in [0.1, 0.15) is 85.5 Å². The van der Waals surface area contributed by atoms with Crippen molar-refractivity contribution in [1.29, 1.82) is 0 Å². The molecule has 0 spiro atoms. The number of ether oxygens (including phenoxy) is 3. The van der Waals surface area contributed by atoms with E-state index in [0.29, 0.717) is 57.4 Å². The third-order valence-electron chi connectivity index (χ3n) is 8.40. The van der Waals surface area contributed by atoms with Crippen molar-refractivity contribution in [3.05, 3.63) is 34.9 Å². The molecule has 3 aliphatic carbocycles. The van der Waals surface area contributed by atoms with Crippen molar-refractivity contribution in [2.75, 3.05) is 0 Å². The van der Waals surface area contributed by atoms with Gasteiger partial charge in [-0.2, -0.15) is 26.3 Å². The molecule has 0 aromatic carbocycles. The summed E-state index contributed by atoms with van der Waals surface area (Å²) in [5.74, 6) is -2.66. The smallest absolute Gasteiger partial charge is 0.437 e. The van der Waals surface area contributed by atoms with Gasteiger partial charge in [0.25, 0.3) is 0 Å². The van der Waals surface area contributed by atoms with Gasteiger partial charge in [0.1, 0.15) is 12.2 Å². The molecular formula is C29H36F6O6. The van der Waals surface area contributed by atoms with Gasteiger partial charge in [0.2, 0.25) is 0 Å². The second kappa shape index (κ2) is 12.2. The highest BCUT2D eigenvalue weighted by molar-refractivity contribution is 5.67. The minimum absolute atomic E-state index is 0.111. The van der Waals surface area contributed by atoms with E-state index < -0.39 is 66.3 Å². The van der Waals surface area contributed by atoms with Crippen molar-refractivity contribution in [2.24, 2.45) is 11.3 Å². The lowest BCUT2D eigenvalue weighted by Crippen LogP contribution is -2.59. The van der Waals surface area contributed by atoms with Crippen LogP contribution in [-0.2, 0) is 28.6 Å². The van der Waals surface area contributed by atoms with E-state index >= 15 is 0 Å². The average molecular weight is 595 g/mol. The van der Waals surface area contributed by atoms with Gasteiger partial charge in [0, 0.05) is 46.5 Å². The zero-order valence-electron chi connectivity index (χ0n) is 23.5. The van der Waals surface area contributed by atoms with Crippen molar-refractivity contribution < 1.29 is 54.9 Å². The van der Waals surface area contributed by atoms with Gasteiger partial charge >= 0.3 is 35.9 Å². The van der Waals surface area contributed by atoms with E-state index in [1.54, 1.807) is 6.08 Å². The average Bonchev–Trinajstić information content (AvgIpc) is 3.14. The molecule has 0 radical (unpaired) electrons. The Morgan fingerprint density at radius 3 is 1.98 bits per heavy atom. The Bertz CT molecular complexity index is 1080. The zero-order valence-corrected chi connectivity index (χ0v) is 23.5. The third-order valence-corrected chi connectivity index (χ3v) is 8.40. The predicted molar refractivity (Wildman–Crippen MR) is 135 cm³/mol. The number of carbonyl (C=O) groups is 3. The molecule has 3 aliphatic rings. The Labute approximate surface area is 235 Å². The number of carbonyl (C=O) groups excluding carboxylic acids is 3. The van der Waals surface area contributed by atoms with Crippen LogP contribution in [0.15, 0.2) is 34.9 Å². The molecular weight excluding hydrogens is 558 g/mol. The molecule has 2 saturated carbocycles. The summed E-state index contributed by atoms with van der Waals surface area (Å²) in [7, 11) is 0. The van der Waals surface area contributed by atoms with Crippen LogP contribution >= 0.6 is 0 Å². The van der Waals surface area contributed by atoms with Gasteiger partial charge in [0.05, 0.1) is 0 Å². The van der Waals surface area contributed by atoms with Gasteiger partial charge in [-0.15, -0.1) is 0 Å². The van der Waals surface area contributed by atoms with E-state index in [1.165, 1.54) is 13.8 Å². The fraction of sp³-hybridized carbons (Fsp3) is 0.690. The normalized spacial score (nSPS) is 29.1. The molecule has 3 rings (SSSR count). The molecule has 2 unspecified atom stereocenters. The van der Waals surface area contributed by atoms with Crippen LogP contribution in [-0.4, -0.2) is 48.1 Å². The van der Waals surface area contributed by atoms with Crippen molar-refractivity contribution in [2.45, 2.75) is 116 Å². The Morgan fingerprint density at radius 1 is 0.927 bits per heavy atom. The minimum atomic E-state index is -5.84. The first-order valence-electron chi connectivity index (χ1n) is 13.6. The third kappa shape index (κ3) is 7.35. The molecule has 12 heteroatoms. The molecule has 41 heavy (non-hydrogen) atoms. The van der Waals surface area contributed by atoms with Crippen LogP contribution in [0.2, 0.25) is 0 Å². The summed E-state index contributed by atoms with van der Waals surface area (Å²) in [4.78, 5) is 34.3. The zero-order chi connectivity index (χ0) is 30.8. The number of hydrogen-bond donors (Lipinski definition) is 0. The van der Waals surface area contributed by atoms with E-state index in [4.69, 9.17) is 9.47 Å².